The van der Waals surface area contributed by atoms with Gasteiger partial charge >= 0.3 is 0 Å². The van der Waals surface area contributed by atoms with Gasteiger partial charge in [0.15, 0.2) is 16.6 Å². The summed E-state index contributed by atoms with van der Waals surface area (Å²) >= 11 is 0. The second kappa shape index (κ2) is 5.53. The van der Waals surface area contributed by atoms with Crippen LogP contribution in [-0.4, -0.2) is 24.8 Å². The molecule has 0 amide bonds. The standard InChI is InChI=1S/C16H15N3O2S/c20-22(13-4-2-1-3-5-13)19-9-8-14-15(19)17-11-18-16(14)21-10-12-6-7-12/h1-5,8-9,11-12H,6-7,10H2. The van der Waals surface area contributed by atoms with E-state index in [0.29, 0.717) is 24.1 Å². The van der Waals surface area contributed by atoms with Crippen molar-refractivity contribution < 1.29 is 8.95 Å². The van der Waals surface area contributed by atoms with Gasteiger partial charge in [-0.3, -0.25) is 0 Å². The molecule has 2 aromatic heterocycles. The van der Waals surface area contributed by atoms with E-state index in [0.717, 1.165) is 10.3 Å². The highest BCUT2D eigenvalue weighted by Gasteiger charge is 2.23. The second-order valence-corrected chi connectivity index (χ2v) is 6.74. The number of hydrogen-bond acceptors (Lipinski definition) is 4. The average Bonchev–Trinajstić information content (AvgIpc) is 3.30. The highest BCUT2D eigenvalue weighted by Crippen LogP contribution is 2.31. The fourth-order valence-electron chi connectivity index (χ4n) is 2.29. The number of fused-ring (bicyclic) bond motifs is 1. The van der Waals surface area contributed by atoms with E-state index in [4.69, 9.17) is 4.74 Å². The predicted molar refractivity (Wildman–Crippen MR) is 84.0 cm³/mol. The van der Waals surface area contributed by atoms with E-state index in [1.54, 1.807) is 10.2 Å². The lowest BCUT2D eigenvalue weighted by molar-refractivity contribution is 0.292. The van der Waals surface area contributed by atoms with Gasteiger partial charge < -0.3 is 4.74 Å². The van der Waals surface area contributed by atoms with E-state index < -0.39 is 11.0 Å². The van der Waals surface area contributed by atoms with Crippen molar-refractivity contribution in [2.75, 3.05) is 6.61 Å². The number of benzene rings is 1. The van der Waals surface area contributed by atoms with Crippen LogP contribution in [0.3, 0.4) is 0 Å². The number of aromatic nitrogens is 3. The van der Waals surface area contributed by atoms with Crippen LogP contribution in [0.1, 0.15) is 12.8 Å². The third kappa shape index (κ3) is 2.50. The summed E-state index contributed by atoms with van der Waals surface area (Å²) < 4.78 is 20.1. The molecule has 1 aliphatic rings. The molecule has 2 heterocycles. The lowest BCUT2D eigenvalue weighted by Crippen LogP contribution is -2.05. The molecular weight excluding hydrogens is 298 g/mol. The lowest BCUT2D eigenvalue weighted by Gasteiger charge is -2.06. The van der Waals surface area contributed by atoms with Gasteiger partial charge in [0, 0.05) is 6.20 Å². The first kappa shape index (κ1) is 13.5. The largest absolute Gasteiger partial charge is 0.477 e. The quantitative estimate of drug-likeness (QED) is 0.727. The highest BCUT2D eigenvalue weighted by molar-refractivity contribution is 7.83. The monoisotopic (exact) mass is 313 g/mol. The zero-order valence-electron chi connectivity index (χ0n) is 11.9. The van der Waals surface area contributed by atoms with Crippen LogP contribution in [0.5, 0.6) is 5.88 Å². The molecule has 0 N–H and O–H groups in total. The minimum atomic E-state index is -1.33. The van der Waals surface area contributed by atoms with E-state index in [-0.39, 0.29) is 0 Å². The predicted octanol–water partition coefficient (Wildman–Crippen LogP) is 2.79. The Morgan fingerprint density at radius 3 is 2.77 bits per heavy atom. The summed E-state index contributed by atoms with van der Waals surface area (Å²) in [5, 5.41) is 0.799. The Morgan fingerprint density at radius 2 is 2.00 bits per heavy atom. The van der Waals surface area contributed by atoms with Crippen LogP contribution in [0.2, 0.25) is 0 Å². The van der Waals surface area contributed by atoms with Crippen molar-refractivity contribution in [3.05, 3.63) is 48.9 Å². The Bertz CT molecular complexity index is 828. The molecule has 1 aromatic carbocycles. The van der Waals surface area contributed by atoms with Crippen LogP contribution in [-0.2, 0) is 11.0 Å². The summed E-state index contributed by atoms with van der Waals surface area (Å²) in [7, 11) is -1.33. The fraction of sp³-hybridized carbons (Fsp3) is 0.250. The van der Waals surface area contributed by atoms with Crippen LogP contribution in [0.15, 0.2) is 53.8 Å². The normalized spacial score (nSPS) is 15.8. The van der Waals surface area contributed by atoms with Gasteiger partial charge in [-0.1, -0.05) is 18.2 Å². The summed E-state index contributed by atoms with van der Waals surface area (Å²) in [4.78, 5) is 9.21. The highest BCUT2D eigenvalue weighted by atomic mass is 32.2. The van der Waals surface area contributed by atoms with Crippen LogP contribution >= 0.6 is 0 Å². The van der Waals surface area contributed by atoms with Crippen LogP contribution in [0, 0.1) is 5.92 Å². The number of rotatable bonds is 5. The molecular formula is C16H15N3O2S. The maximum atomic E-state index is 12.7. The first-order chi connectivity index (χ1) is 10.8. The molecule has 0 aliphatic heterocycles. The first-order valence-electron chi connectivity index (χ1n) is 7.25. The number of ether oxygens (including phenoxy) is 1. The number of nitrogens with zero attached hydrogens (tertiary/aromatic N) is 3. The lowest BCUT2D eigenvalue weighted by atomic mass is 10.4. The Kier molecular flexibility index (Phi) is 3.38. The molecule has 22 heavy (non-hydrogen) atoms. The molecule has 1 unspecified atom stereocenters. The molecule has 3 aromatic rings. The molecule has 5 nitrogen and oxygen atoms in total. The molecule has 6 heteroatoms. The van der Waals surface area contributed by atoms with Crippen molar-refractivity contribution in [1.29, 1.82) is 0 Å². The van der Waals surface area contributed by atoms with Crippen molar-refractivity contribution in [1.82, 2.24) is 13.9 Å². The molecule has 0 radical (unpaired) electrons. The molecule has 0 spiro atoms. The summed E-state index contributed by atoms with van der Waals surface area (Å²) in [5.41, 5.74) is 0.628. The topological polar surface area (TPSA) is 57.0 Å². The first-order valence-corrected chi connectivity index (χ1v) is 8.36. The van der Waals surface area contributed by atoms with Crippen molar-refractivity contribution in [2.24, 2.45) is 5.92 Å². The Hall–Kier alpha value is -2.21. The minimum absolute atomic E-state index is 0.570. The maximum absolute atomic E-state index is 12.7. The smallest absolute Gasteiger partial charge is 0.226 e. The third-order valence-corrected chi connectivity index (χ3v) is 5.02. The van der Waals surface area contributed by atoms with Gasteiger partial charge in [-0.05, 0) is 37.0 Å². The van der Waals surface area contributed by atoms with E-state index >= 15 is 0 Å². The summed E-state index contributed by atoms with van der Waals surface area (Å²) in [6.07, 6.45) is 5.69. The Balaban J connectivity index is 1.70. The van der Waals surface area contributed by atoms with Crippen LogP contribution in [0.25, 0.3) is 11.0 Å². The van der Waals surface area contributed by atoms with Crippen molar-refractivity contribution >= 4 is 22.0 Å². The van der Waals surface area contributed by atoms with Gasteiger partial charge in [0.25, 0.3) is 0 Å². The van der Waals surface area contributed by atoms with Gasteiger partial charge in [0.05, 0.1) is 16.9 Å². The summed E-state index contributed by atoms with van der Waals surface area (Å²) in [6.45, 7) is 0.694. The fourth-order valence-corrected chi connectivity index (χ4v) is 3.38. The van der Waals surface area contributed by atoms with Gasteiger partial charge in [0.2, 0.25) is 5.88 Å². The molecule has 1 saturated carbocycles. The second-order valence-electron chi connectivity index (χ2n) is 5.37. The van der Waals surface area contributed by atoms with E-state index in [1.165, 1.54) is 19.2 Å². The van der Waals surface area contributed by atoms with Crippen molar-refractivity contribution in [3.63, 3.8) is 0 Å². The maximum Gasteiger partial charge on any atom is 0.226 e. The van der Waals surface area contributed by atoms with Crippen molar-refractivity contribution in [3.8, 4) is 5.88 Å². The van der Waals surface area contributed by atoms with Gasteiger partial charge in [0.1, 0.15) is 6.33 Å². The molecule has 1 fully saturated rings. The molecule has 1 aliphatic carbocycles. The molecule has 112 valence electrons. The van der Waals surface area contributed by atoms with Gasteiger partial charge in [-0.2, -0.15) is 0 Å². The number of hydrogen-bond donors (Lipinski definition) is 0. The van der Waals surface area contributed by atoms with Gasteiger partial charge in [-0.15, -0.1) is 0 Å². The summed E-state index contributed by atoms with van der Waals surface area (Å²) in [5.74, 6) is 1.23. The zero-order chi connectivity index (χ0) is 14.9. The third-order valence-electron chi connectivity index (χ3n) is 3.69. The molecule has 1 atom stereocenters. The van der Waals surface area contributed by atoms with E-state index in [2.05, 4.69) is 9.97 Å². The Morgan fingerprint density at radius 1 is 1.18 bits per heavy atom. The zero-order valence-corrected chi connectivity index (χ0v) is 12.7. The summed E-state index contributed by atoms with van der Waals surface area (Å²) in [6, 6.07) is 11.2. The van der Waals surface area contributed by atoms with Crippen LogP contribution in [0.4, 0.5) is 0 Å². The SMILES string of the molecule is O=S(c1ccccc1)n1ccc2c(OCC3CC3)ncnc21. The van der Waals surface area contributed by atoms with E-state index in [1.807, 2.05) is 36.4 Å². The van der Waals surface area contributed by atoms with Crippen molar-refractivity contribution in [2.45, 2.75) is 17.7 Å². The molecule has 0 saturated heterocycles. The molecule has 0 bridgehead atoms. The minimum Gasteiger partial charge on any atom is -0.477 e. The molecule has 4 rings (SSSR count). The van der Waals surface area contributed by atoms with Crippen LogP contribution < -0.4 is 4.74 Å². The average molecular weight is 313 g/mol. The van der Waals surface area contributed by atoms with E-state index in [9.17, 15) is 4.21 Å². The van der Waals surface area contributed by atoms with Gasteiger partial charge in [-0.25, -0.2) is 18.1 Å². The Labute approximate surface area is 130 Å².